The summed E-state index contributed by atoms with van der Waals surface area (Å²) in [6.45, 7) is 7.38. The Bertz CT molecular complexity index is 1420. The zero-order chi connectivity index (χ0) is 24.5. The zero-order valence-electron chi connectivity index (χ0n) is 19.8. The minimum atomic E-state index is -4.39. The molecule has 2 aliphatic heterocycles. The lowest BCUT2D eigenvalue weighted by Gasteiger charge is -2.36. The van der Waals surface area contributed by atoms with Crippen LogP contribution in [0.5, 0.6) is 0 Å². The lowest BCUT2D eigenvalue weighted by Crippen LogP contribution is -2.49. The van der Waals surface area contributed by atoms with E-state index in [4.69, 9.17) is 4.98 Å². The second kappa shape index (κ2) is 7.73. The van der Waals surface area contributed by atoms with Crippen LogP contribution in [-0.4, -0.2) is 55.8 Å². The van der Waals surface area contributed by atoms with Gasteiger partial charge in [-0.05, 0) is 35.1 Å². The van der Waals surface area contributed by atoms with Crippen LogP contribution in [0.2, 0.25) is 0 Å². The molecule has 3 unspecified atom stereocenters. The SMILES string of the molecule is CC(C)(C)c1cccc2ccc(-c3nnc4ccc(C(N5CC6CC5CN6)C(F)(F)F)cn34)nc12. The Balaban J connectivity index is 1.47. The Morgan fingerprint density at radius 2 is 1.86 bits per heavy atom. The minimum Gasteiger partial charge on any atom is -0.311 e. The van der Waals surface area contributed by atoms with E-state index in [1.54, 1.807) is 15.4 Å². The fraction of sp³-hybridized carbons (Fsp3) is 0.423. The number of aromatic nitrogens is 4. The number of rotatable bonds is 3. The summed E-state index contributed by atoms with van der Waals surface area (Å²) in [6.07, 6.45) is -2.11. The number of pyridine rings is 2. The topological polar surface area (TPSA) is 58.4 Å². The number of nitrogens with one attached hydrogen (secondary N) is 1. The monoisotopic (exact) mass is 480 g/mol. The van der Waals surface area contributed by atoms with Gasteiger partial charge < -0.3 is 5.32 Å². The molecule has 5 heterocycles. The van der Waals surface area contributed by atoms with Crippen molar-refractivity contribution in [2.45, 2.75) is 56.9 Å². The average Bonchev–Trinajstić information content (AvgIpc) is 3.52. The molecule has 1 N–H and O–H groups in total. The third kappa shape index (κ3) is 3.77. The zero-order valence-corrected chi connectivity index (χ0v) is 19.8. The number of benzene rings is 1. The number of nitrogens with zero attached hydrogens (tertiary/aromatic N) is 5. The van der Waals surface area contributed by atoms with E-state index < -0.39 is 12.2 Å². The molecule has 2 aliphatic rings. The summed E-state index contributed by atoms with van der Waals surface area (Å²) in [6, 6.07) is 11.4. The van der Waals surface area contributed by atoms with Crippen LogP contribution >= 0.6 is 0 Å². The Labute approximate surface area is 201 Å². The number of alkyl halides is 3. The molecular formula is C26H27F3N6. The number of likely N-dealkylation sites (tertiary alicyclic amines) is 1. The molecule has 9 heteroatoms. The van der Waals surface area contributed by atoms with E-state index in [0.717, 1.165) is 22.9 Å². The quantitative estimate of drug-likeness (QED) is 0.453. The van der Waals surface area contributed by atoms with Crippen molar-refractivity contribution in [3.05, 3.63) is 59.8 Å². The fourth-order valence-corrected chi connectivity index (χ4v) is 5.60. The number of hydrogen-bond acceptors (Lipinski definition) is 5. The van der Waals surface area contributed by atoms with E-state index in [-0.39, 0.29) is 23.1 Å². The summed E-state index contributed by atoms with van der Waals surface area (Å²) < 4.78 is 44.7. The van der Waals surface area contributed by atoms with Crippen molar-refractivity contribution in [1.29, 1.82) is 0 Å². The Kier molecular flexibility index (Phi) is 4.95. The molecule has 3 aromatic heterocycles. The average molecular weight is 481 g/mol. The summed E-state index contributed by atoms with van der Waals surface area (Å²) >= 11 is 0. The van der Waals surface area contributed by atoms with Gasteiger partial charge in [0.05, 0.1) is 5.52 Å². The van der Waals surface area contributed by atoms with Crippen molar-refractivity contribution in [2.75, 3.05) is 13.1 Å². The molecule has 2 bridgehead atoms. The van der Waals surface area contributed by atoms with Gasteiger partial charge in [0.1, 0.15) is 11.7 Å². The summed E-state index contributed by atoms with van der Waals surface area (Å²) in [4.78, 5) is 6.50. The normalized spacial score (nSPS) is 21.9. The minimum absolute atomic E-state index is 0.110. The van der Waals surface area contributed by atoms with Gasteiger partial charge in [-0.3, -0.25) is 9.30 Å². The smallest absolute Gasteiger partial charge is 0.311 e. The molecule has 0 amide bonds. The maximum atomic E-state index is 14.3. The number of hydrogen-bond donors (Lipinski definition) is 1. The number of piperazine rings is 1. The molecule has 2 saturated heterocycles. The summed E-state index contributed by atoms with van der Waals surface area (Å²) in [5.41, 5.74) is 3.09. The van der Waals surface area contributed by atoms with Crippen LogP contribution in [0.15, 0.2) is 48.7 Å². The summed E-state index contributed by atoms with van der Waals surface area (Å²) in [5.74, 6) is 0.429. The highest BCUT2D eigenvalue weighted by Gasteiger charge is 2.51. The second-order valence-electron chi connectivity index (χ2n) is 10.7. The van der Waals surface area contributed by atoms with E-state index in [0.29, 0.717) is 30.3 Å². The first-order valence-electron chi connectivity index (χ1n) is 11.9. The van der Waals surface area contributed by atoms with Gasteiger partial charge in [-0.15, -0.1) is 10.2 Å². The molecule has 2 fully saturated rings. The van der Waals surface area contributed by atoms with Crippen LogP contribution in [0.25, 0.3) is 28.1 Å². The Hall–Kier alpha value is -3.04. The van der Waals surface area contributed by atoms with Crippen molar-refractivity contribution in [2.24, 2.45) is 0 Å². The van der Waals surface area contributed by atoms with E-state index >= 15 is 0 Å². The highest BCUT2D eigenvalue weighted by Crippen LogP contribution is 2.43. The molecule has 6 rings (SSSR count). The van der Waals surface area contributed by atoms with Gasteiger partial charge in [0.2, 0.25) is 0 Å². The first-order chi connectivity index (χ1) is 16.6. The molecule has 182 valence electrons. The first-order valence-corrected chi connectivity index (χ1v) is 11.9. The Morgan fingerprint density at radius 1 is 1.03 bits per heavy atom. The van der Waals surface area contributed by atoms with Crippen molar-refractivity contribution >= 4 is 16.6 Å². The molecule has 0 aliphatic carbocycles. The predicted molar refractivity (Wildman–Crippen MR) is 128 cm³/mol. The first kappa shape index (κ1) is 22.4. The highest BCUT2D eigenvalue weighted by atomic mass is 19.4. The molecule has 0 saturated carbocycles. The molecular weight excluding hydrogens is 453 g/mol. The third-order valence-corrected chi connectivity index (χ3v) is 7.24. The van der Waals surface area contributed by atoms with Crippen LogP contribution in [0.4, 0.5) is 13.2 Å². The van der Waals surface area contributed by atoms with Crippen molar-refractivity contribution in [1.82, 2.24) is 29.8 Å². The van der Waals surface area contributed by atoms with Crippen LogP contribution < -0.4 is 5.32 Å². The molecule has 4 aromatic rings. The molecule has 3 atom stereocenters. The third-order valence-electron chi connectivity index (χ3n) is 7.24. The van der Waals surface area contributed by atoms with Crippen molar-refractivity contribution in [3.63, 3.8) is 0 Å². The van der Waals surface area contributed by atoms with Crippen LogP contribution in [0.1, 0.15) is 44.4 Å². The van der Waals surface area contributed by atoms with Crippen LogP contribution in [0.3, 0.4) is 0 Å². The standard InChI is InChI=1S/C26H27F3N6/c1-25(2,3)19-6-4-5-15-7-9-20(31-22(15)19)24-33-32-21-10-8-16(13-35(21)24)23(26(27,28)29)34-14-17-11-18(34)12-30-17/h4-10,13,17-18,23,30H,11-12,14H2,1-3H3. The summed E-state index contributed by atoms with van der Waals surface area (Å²) in [5, 5.41) is 12.8. The van der Waals surface area contributed by atoms with Gasteiger partial charge in [-0.25, -0.2) is 4.98 Å². The van der Waals surface area contributed by atoms with Gasteiger partial charge in [0.15, 0.2) is 11.5 Å². The van der Waals surface area contributed by atoms with Crippen LogP contribution in [-0.2, 0) is 5.41 Å². The second-order valence-corrected chi connectivity index (χ2v) is 10.7. The molecule has 0 radical (unpaired) electrons. The molecule has 0 spiro atoms. The Morgan fingerprint density at radius 3 is 2.54 bits per heavy atom. The van der Waals surface area contributed by atoms with Gasteiger partial charge in [0, 0.05) is 36.8 Å². The lowest BCUT2D eigenvalue weighted by molar-refractivity contribution is -0.190. The van der Waals surface area contributed by atoms with Gasteiger partial charge in [-0.2, -0.15) is 13.2 Å². The molecule has 6 nitrogen and oxygen atoms in total. The van der Waals surface area contributed by atoms with E-state index in [2.05, 4.69) is 42.4 Å². The number of para-hydroxylation sites is 1. The van der Waals surface area contributed by atoms with E-state index in [1.807, 2.05) is 24.3 Å². The summed E-state index contributed by atoms with van der Waals surface area (Å²) in [7, 11) is 0. The maximum absolute atomic E-state index is 14.3. The maximum Gasteiger partial charge on any atom is 0.408 e. The largest absolute Gasteiger partial charge is 0.408 e. The van der Waals surface area contributed by atoms with Gasteiger partial charge in [-0.1, -0.05) is 51.1 Å². The fourth-order valence-electron chi connectivity index (χ4n) is 5.60. The van der Waals surface area contributed by atoms with Crippen molar-refractivity contribution < 1.29 is 13.2 Å². The highest BCUT2D eigenvalue weighted by molar-refractivity contribution is 5.84. The van der Waals surface area contributed by atoms with Crippen molar-refractivity contribution in [3.8, 4) is 11.5 Å². The molecule has 35 heavy (non-hydrogen) atoms. The number of fused-ring (bicyclic) bond motifs is 4. The van der Waals surface area contributed by atoms with E-state index in [1.165, 1.54) is 12.3 Å². The number of halogens is 3. The van der Waals surface area contributed by atoms with E-state index in [9.17, 15) is 13.2 Å². The van der Waals surface area contributed by atoms with Gasteiger partial charge in [0.25, 0.3) is 0 Å². The molecule has 1 aromatic carbocycles. The predicted octanol–water partition coefficient (Wildman–Crippen LogP) is 4.89. The van der Waals surface area contributed by atoms with Gasteiger partial charge >= 0.3 is 6.18 Å². The lowest BCUT2D eigenvalue weighted by atomic mass is 9.85. The van der Waals surface area contributed by atoms with Crippen LogP contribution in [0, 0.1) is 0 Å².